The van der Waals surface area contributed by atoms with Crippen molar-refractivity contribution in [3.8, 4) is 17.2 Å². The van der Waals surface area contributed by atoms with Crippen molar-refractivity contribution in [1.82, 2.24) is 5.43 Å². The highest BCUT2D eigenvalue weighted by atomic mass is 16.6. The Hall–Kier alpha value is -4.08. The van der Waals surface area contributed by atoms with E-state index < -0.39 is 17.8 Å². The van der Waals surface area contributed by atoms with Crippen LogP contribution < -0.4 is 25.0 Å². The molecule has 2 N–H and O–H groups in total. The van der Waals surface area contributed by atoms with Crippen molar-refractivity contribution < 1.29 is 33.3 Å². The van der Waals surface area contributed by atoms with Crippen molar-refractivity contribution in [2.45, 2.75) is 0 Å². The molecule has 2 rings (SSSR count). The number of benzene rings is 2. The van der Waals surface area contributed by atoms with Crippen molar-refractivity contribution in [3.05, 3.63) is 48.0 Å². The monoisotopic (exact) mass is 415 g/mol. The number of rotatable bonds is 8. The largest absolute Gasteiger partial charge is 0.497 e. The zero-order chi connectivity index (χ0) is 21.9. The molecule has 2 amide bonds. The molecule has 0 bridgehead atoms. The number of carbonyl (C=O) groups is 3. The maximum atomic E-state index is 12.0. The number of anilines is 1. The van der Waals surface area contributed by atoms with Crippen LogP contribution in [-0.2, 0) is 19.1 Å². The highest BCUT2D eigenvalue weighted by molar-refractivity contribution is 6.39. The van der Waals surface area contributed by atoms with Gasteiger partial charge < -0.3 is 24.3 Å². The molecule has 0 heterocycles. The summed E-state index contributed by atoms with van der Waals surface area (Å²) in [7, 11) is 4.20. The summed E-state index contributed by atoms with van der Waals surface area (Å²) in [6, 6.07) is 11.3. The van der Waals surface area contributed by atoms with Crippen LogP contribution in [0.3, 0.4) is 0 Å². The topological polar surface area (TPSA) is 125 Å². The van der Waals surface area contributed by atoms with E-state index >= 15 is 0 Å². The second kappa shape index (κ2) is 11.1. The van der Waals surface area contributed by atoms with Crippen molar-refractivity contribution in [3.63, 3.8) is 0 Å². The quantitative estimate of drug-likeness (QED) is 0.289. The van der Waals surface area contributed by atoms with E-state index in [2.05, 4.69) is 20.6 Å². The van der Waals surface area contributed by atoms with Crippen molar-refractivity contribution >= 4 is 29.7 Å². The number of hydrazone groups is 1. The number of hydrogen-bond acceptors (Lipinski definition) is 8. The van der Waals surface area contributed by atoms with Gasteiger partial charge in [-0.05, 0) is 42.0 Å². The Labute approximate surface area is 172 Å². The average Bonchev–Trinajstić information content (AvgIpc) is 2.78. The zero-order valence-corrected chi connectivity index (χ0v) is 16.6. The van der Waals surface area contributed by atoms with E-state index in [1.165, 1.54) is 27.5 Å². The molecular weight excluding hydrogens is 394 g/mol. The maximum Gasteiger partial charge on any atom is 0.343 e. The van der Waals surface area contributed by atoms with Gasteiger partial charge in [-0.15, -0.1) is 0 Å². The lowest BCUT2D eigenvalue weighted by Gasteiger charge is -2.10. The van der Waals surface area contributed by atoms with Crippen LogP contribution >= 0.6 is 0 Å². The number of nitrogens with one attached hydrogen (secondary N) is 2. The van der Waals surface area contributed by atoms with E-state index in [0.717, 1.165) is 0 Å². The van der Waals surface area contributed by atoms with Crippen LogP contribution in [0.25, 0.3) is 0 Å². The van der Waals surface area contributed by atoms with Crippen molar-refractivity contribution in [2.24, 2.45) is 5.10 Å². The summed E-state index contributed by atoms with van der Waals surface area (Å²) in [4.78, 5) is 35.0. The molecule has 2 aromatic carbocycles. The molecule has 0 fully saturated rings. The fraction of sp³-hybridized carbons (Fsp3) is 0.200. The highest BCUT2D eigenvalue weighted by Crippen LogP contribution is 2.28. The average molecular weight is 415 g/mol. The highest BCUT2D eigenvalue weighted by Gasteiger charge is 2.15. The van der Waals surface area contributed by atoms with E-state index in [-0.39, 0.29) is 6.61 Å². The third kappa shape index (κ3) is 6.51. The molecule has 0 spiro atoms. The van der Waals surface area contributed by atoms with Crippen LogP contribution in [0.1, 0.15) is 5.56 Å². The van der Waals surface area contributed by atoms with E-state index in [1.807, 2.05) is 0 Å². The summed E-state index contributed by atoms with van der Waals surface area (Å²) in [5, 5.41) is 6.18. The SMILES string of the molecule is COC(=O)COc1ccc(/C=N\NC(=O)C(=O)Nc2ccc(OC)cc2OC)cc1. The molecule has 0 saturated carbocycles. The molecule has 158 valence electrons. The van der Waals surface area contributed by atoms with Crippen molar-refractivity contribution in [1.29, 1.82) is 0 Å². The first-order valence-electron chi connectivity index (χ1n) is 8.63. The normalized spacial score (nSPS) is 10.2. The van der Waals surface area contributed by atoms with E-state index in [1.54, 1.807) is 42.5 Å². The van der Waals surface area contributed by atoms with Gasteiger partial charge in [0.25, 0.3) is 0 Å². The molecule has 2 aromatic rings. The summed E-state index contributed by atoms with van der Waals surface area (Å²) < 4.78 is 19.9. The minimum atomic E-state index is -0.956. The number of amides is 2. The van der Waals surface area contributed by atoms with Crippen LogP contribution in [0.5, 0.6) is 17.2 Å². The summed E-state index contributed by atoms with van der Waals surface area (Å²) in [5.41, 5.74) is 3.08. The number of nitrogens with zero attached hydrogens (tertiary/aromatic N) is 1. The van der Waals surface area contributed by atoms with Gasteiger partial charge in [0.2, 0.25) is 0 Å². The number of hydrogen-bond donors (Lipinski definition) is 2. The lowest BCUT2D eigenvalue weighted by atomic mass is 10.2. The molecular formula is C20H21N3O7. The first-order chi connectivity index (χ1) is 14.5. The maximum absolute atomic E-state index is 12.0. The van der Waals surface area contributed by atoms with Gasteiger partial charge in [-0.2, -0.15) is 5.10 Å². The molecule has 10 nitrogen and oxygen atoms in total. The third-order valence-electron chi connectivity index (χ3n) is 3.71. The summed E-state index contributed by atoms with van der Waals surface area (Å²) in [5.74, 6) is -1.01. The number of ether oxygens (including phenoxy) is 4. The Morgan fingerprint density at radius 1 is 0.933 bits per heavy atom. The second-order valence-electron chi connectivity index (χ2n) is 5.65. The Kier molecular flexibility index (Phi) is 8.18. The van der Waals surface area contributed by atoms with Gasteiger partial charge >= 0.3 is 17.8 Å². The summed E-state index contributed by atoms with van der Waals surface area (Å²) in [6.07, 6.45) is 1.35. The lowest BCUT2D eigenvalue weighted by Crippen LogP contribution is -2.32. The Balaban J connectivity index is 1.88. The zero-order valence-electron chi connectivity index (χ0n) is 16.6. The molecule has 0 atom stereocenters. The number of methoxy groups -OCH3 is 3. The van der Waals surface area contributed by atoms with Crippen LogP contribution in [0.4, 0.5) is 5.69 Å². The number of carbonyl (C=O) groups excluding carboxylic acids is 3. The molecule has 0 aliphatic heterocycles. The van der Waals surface area contributed by atoms with Crippen LogP contribution in [-0.4, -0.2) is 51.9 Å². The molecule has 0 radical (unpaired) electrons. The summed E-state index contributed by atoms with van der Waals surface area (Å²) >= 11 is 0. The fourth-order valence-electron chi connectivity index (χ4n) is 2.15. The molecule has 0 saturated heterocycles. The molecule has 0 unspecified atom stereocenters. The van der Waals surface area contributed by atoms with E-state index in [4.69, 9.17) is 14.2 Å². The molecule has 30 heavy (non-hydrogen) atoms. The Morgan fingerprint density at radius 3 is 2.27 bits per heavy atom. The second-order valence-corrected chi connectivity index (χ2v) is 5.65. The van der Waals surface area contributed by atoms with Crippen molar-refractivity contribution in [2.75, 3.05) is 33.3 Å². The van der Waals surface area contributed by atoms with Crippen LogP contribution in [0.2, 0.25) is 0 Å². The minimum Gasteiger partial charge on any atom is -0.497 e. The lowest BCUT2D eigenvalue weighted by molar-refractivity contribution is -0.142. The standard InChI is InChI=1S/C20H21N3O7/c1-27-15-8-9-16(17(10-15)28-2)22-19(25)20(26)23-21-11-13-4-6-14(7-5-13)30-12-18(24)29-3/h4-11H,12H2,1-3H3,(H,22,25)(H,23,26)/b21-11-. The van der Waals surface area contributed by atoms with Gasteiger partial charge in [0.05, 0.1) is 33.2 Å². The predicted molar refractivity (Wildman–Crippen MR) is 108 cm³/mol. The minimum absolute atomic E-state index is 0.200. The van der Waals surface area contributed by atoms with Crippen LogP contribution in [0.15, 0.2) is 47.6 Å². The van der Waals surface area contributed by atoms with Gasteiger partial charge in [-0.3, -0.25) is 9.59 Å². The van der Waals surface area contributed by atoms with Gasteiger partial charge in [0.1, 0.15) is 17.2 Å². The molecule has 0 aromatic heterocycles. The number of esters is 1. The Morgan fingerprint density at radius 2 is 1.63 bits per heavy atom. The first kappa shape index (κ1) is 22.2. The van der Waals surface area contributed by atoms with E-state index in [9.17, 15) is 14.4 Å². The molecule has 0 aliphatic rings. The predicted octanol–water partition coefficient (Wildman–Crippen LogP) is 1.34. The smallest absolute Gasteiger partial charge is 0.343 e. The summed E-state index contributed by atoms with van der Waals surface area (Å²) in [6.45, 7) is -0.200. The van der Waals surface area contributed by atoms with Gasteiger partial charge in [-0.1, -0.05) is 0 Å². The molecule has 10 heteroatoms. The van der Waals surface area contributed by atoms with Crippen LogP contribution in [0, 0.1) is 0 Å². The third-order valence-corrected chi connectivity index (χ3v) is 3.71. The van der Waals surface area contributed by atoms with Gasteiger partial charge in [0.15, 0.2) is 6.61 Å². The fourth-order valence-corrected chi connectivity index (χ4v) is 2.15. The van der Waals surface area contributed by atoms with Gasteiger partial charge in [-0.25, -0.2) is 10.2 Å². The Bertz CT molecular complexity index is 926. The van der Waals surface area contributed by atoms with E-state index in [0.29, 0.717) is 28.5 Å². The molecule has 0 aliphatic carbocycles. The first-order valence-corrected chi connectivity index (χ1v) is 8.63. The van der Waals surface area contributed by atoms with Gasteiger partial charge in [0, 0.05) is 6.07 Å².